The van der Waals surface area contributed by atoms with Crippen LogP contribution in [0.1, 0.15) is 26.3 Å². The minimum atomic E-state index is 0.535. The van der Waals surface area contributed by atoms with E-state index < -0.39 is 0 Å². The Morgan fingerprint density at radius 2 is 2.00 bits per heavy atom. The molecule has 2 heteroatoms. The molecule has 0 heterocycles. The largest absolute Gasteiger partial charge is 0.274 e. The fraction of sp³-hybridized carbons (Fsp3) is 0.333. The minimum Gasteiger partial charge on any atom is -0.274 e. The lowest BCUT2D eigenvalue weighted by atomic mass is 9.95. The van der Waals surface area contributed by atoms with E-state index in [1.165, 1.54) is 23.1 Å². The van der Waals surface area contributed by atoms with E-state index in [0.29, 0.717) is 5.92 Å². The van der Waals surface area contributed by atoms with Gasteiger partial charge in [0.1, 0.15) is 0 Å². The van der Waals surface area contributed by atoms with Crippen molar-refractivity contribution in [3.8, 4) is 0 Å². The van der Waals surface area contributed by atoms with E-state index in [2.05, 4.69) is 45.0 Å². The van der Waals surface area contributed by atoms with E-state index in [0.717, 1.165) is 4.90 Å². The molecular formula is C12H17NS. The molecule has 14 heavy (non-hydrogen) atoms. The van der Waals surface area contributed by atoms with Crippen molar-refractivity contribution in [2.75, 3.05) is 0 Å². The molecule has 0 atom stereocenters. The van der Waals surface area contributed by atoms with Gasteiger partial charge in [-0.15, -0.1) is 0 Å². The lowest BCUT2D eigenvalue weighted by Crippen LogP contribution is -1.96. The van der Waals surface area contributed by atoms with Crippen LogP contribution >= 0.6 is 11.9 Å². The van der Waals surface area contributed by atoms with Gasteiger partial charge < -0.3 is 0 Å². The van der Waals surface area contributed by atoms with Crippen LogP contribution < -0.4 is 5.14 Å². The monoisotopic (exact) mass is 207 g/mol. The van der Waals surface area contributed by atoms with Crippen molar-refractivity contribution in [1.82, 2.24) is 0 Å². The maximum Gasteiger partial charge on any atom is 0.0301 e. The van der Waals surface area contributed by atoms with E-state index >= 15 is 0 Å². The summed E-state index contributed by atoms with van der Waals surface area (Å²) >= 11 is 1.32. The Balaban J connectivity index is 3.16. The molecule has 1 nitrogen and oxygen atoms in total. The molecule has 76 valence electrons. The highest BCUT2D eigenvalue weighted by molar-refractivity contribution is 7.97. The van der Waals surface area contributed by atoms with Crippen LogP contribution in [0.25, 0.3) is 5.57 Å². The summed E-state index contributed by atoms with van der Waals surface area (Å²) in [6.45, 7) is 6.48. The molecule has 0 aliphatic carbocycles. The molecule has 2 N–H and O–H groups in total. The molecule has 0 saturated heterocycles. The highest BCUT2D eigenvalue weighted by Crippen LogP contribution is 2.29. The number of allylic oxidation sites excluding steroid dienone is 2. The molecule has 0 saturated carbocycles. The second kappa shape index (κ2) is 5.23. The Morgan fingerprint density at radius 3 is 2.50 bits per heavy atom. The van der Waals surface area contributed by atoms with Crippen LogP contribution in [0.5, 0.6) is 0 Å². The Hall–Kier alpha value is -0.730. The first-order chi connectivity index (χ1) is 6.70. The summed E-state index contributed by atoms with van der Waals surface area (Å²) in [6.07, 6.45) is 2.17. The SMILES string of the molecule is C/C=C(\c1ccccc1SN)C(C)C. The Morgan fingerprint density at radius 1 is 1.36 bits per heavy atom. The lowest BCUT2D eigenvalue weighted by Gasteiger charge is -2.14. The summed E-state index contributed by atoms with van der Waals surface area (Å²) in [5.41, 5.74) is 2.62. The van der Waals surface area contributed by atoms with Crippen molar-refractivity contribution in [1.29, 1.82) is 0 Å². The quantitative estimate of drug-likeness (QED) is 0.765. The van der Waals surface area contributed by atoms with E-state index in [-0.39, 0.29) is 0 Å². The van der Waals surface area contributed by atoms with Crippen molar-refractivity contribution < 1.29 is 0 Å². The van der Waals surface area contributed by atoms with Crippen LogP contribution in [-0.4, -0.2) is 0 Å². The fourth-order valence-corrected chi connectivity index (χ4v) is 2.08. The Labute approximate surface area is 90.5 Å². The zero-order chi connectivity index (χ0) is 10.6. The molecule has 0 aromatic heterocycles. The van der Waals surface area contributed by atoms with Gasteiger partial charge in [0, 0.05) is 4.90 Å². The maximum absolute atomic E-state index is 5.63. The van der Waals surface area contributed by atoms with Crippen LogP contribution in [0.3, 0.4) is 0 Å². The van der Waals surface area contributed by atoms with E-state index in [4.69, 9.17) is 5.14 Å². The second-order valence-corrected chi connectivity index (χ2v) is 4.19. The third-order valence-corrected chi connectivity index (χ3v) is 2.87. The zero-order valence-corrected chi connectivity index (χ0v) is 9.77. The molecule has 0 amide bonds. The topological polar surface area (TPSA) is 26.0 Å². The molecule has 1 aromatic rings. The maximum atomic E-state index is 5.63. The van der Waals surface area contributed by atoms with Gasteiger partial charge in [-0.25, -0.2) is 0 Å². The number of hydrogen-bond donors (Lipinski definition) is 1. The molecule has 1 aromatic carbocycles. The lowest BCUT2D eigenvalue weighted by molar-refractivity contribution is 0.850. The van der Waals surface area contributed by atoms with Crippen LogP contribution in [0.2, 0.25) is 0 Å². The van der Waals surface area contributed by atoms with Crippen molar-refractivity contribution in [2.24, 2.45) is 11.1 Å². The molecule has 0 unspecified atom stereocenters. The van der Waals surface area contributed by atoms with E-state index in [1.54, 1.807) is 0 Å². The first-order valence-electron chi connectivity index (χ1n) is 4.83. The first-order valence-corrected chi connectivity index (χ1v) is 5.71. The van der Waals surface area contributed by atoms with Crippen LogP contribution in [0.15, 0.2) is 35.2 Å². The van der Waals surface area contributed by atoms with E-state index in [9.17, 15) is 0 Å². The molecular weight excluding hydrogens is 190 g/mol. The highest BCUT2D eigenvalue weighted by atomic mass is 32.2. The molecule has 0 fully saturated rings. The number of benzene rings is 1. The summed E-state index contributed by atoms with van der Waals surface area (Å²) in [7, 11) is 0. The summed E-state index contributed by atoms with van der Waals surface area (Å²) in [6, 6.07) is 8.27. The summed E-state index contributed by atoms with van der Waals surface area (Å²) < 4.78 is 0. The van der Waals surface area contributed by atoms with Crippen molar-refractivity contribution in [2.45, 2.75) is 25.7 Å². The minimum absolute atomic E-state index is 0.535. The summed E-state index contributed by atoms with van der Waals surface area (Å²) in [5.74, 6) is 0.535. The van der Waals surface area contributed by atoms with Gasteiger partial charge in [0.05, 0.1) is 0 Å². The van der Waals surface area contributed by atoms with Crippen LogP contribution in [0, 0.1) is 5.92 Å². The fourth-order valence-electron chi connectivity index (χ4n) is 1.61. The number of rotatable bonds is 3. The summed E-state index contributed by atoms with van der Waals surface area (Å²) in [5, 5.41) is 5.63. The van der Waals surface area contributed by atoms with Crippen LogP contribution in [-0.2, 0) is 0 Å². The van der Waals surface area contributed by atoms with Gasteiger partial charge in [0.15, 0.2) is 0 Å². The van der Waals surface area contributed by atoms with Gasteiger partial charge in [0.25, 0.3) is 0 Å². The smallest absolute Gasteiger partial charge is 0.0301 e. The standard InChI is InChI=1S/C12H17NS/c1-4-10(9(2)3)11-7-5-6-8-12(11)14-13/h4-9H,13H2,1-3H3/b10-4-. The zero-order valence-electron chi connectivity index (χ0n) is 8.95. The second-order valence-electron chi connectivity index (χ2n) is 3.51. The van der Waals surface area contributed by atoms with Gasteiger partial charge in [-0.05, 0) is 42.0 Å². The third kappa shape index (κ3) is 2.40. The summed E-state index contributed by atoms with van der Waals surface area (Å²) in [4.78, 5) is 1.15. The van der Waals surface area contributed by atoms with Crippen molar-refractivity contribution in [3.05, 3.63) is 35.9 Å². The molecule has 0 radical (unpaired) electrons. The van der Waals surface area contributed by atoms with Gasteiger partial charge in [0.2, 0.25) is 0 Å². The number of nitrogens with two attached hydrogens (primary N) is 1. The molecule has 0 aliphatic rings. The molecule has 0 bridgehead atoms. The Kier molecular flexibility index (Phi) is 4.23. The third-order valence-electron chi connectivity index (χ3n) is 2.26. The van der Waals surface area contributed by atoms with Gasteiger partial charge >= 0.3 is 0 Å². The average Bonchev–Trinajstić information content (AvgIpc) is 2.19. The predicted molar refractivity (Wildman–Crippen MR) is 65.0 cm³/mol. The highest BCUT2D eigenvalue weighted by Gasteiger charge is 2.08. The van der Waals surface area contributed by atoms with Crippen molar-refractivity contribution >= 4 is 17.5 Å². The molecule has 1 rings (SSSR count). The normalized spacial score (nSPS) is 12.2. The molecule has 0 aliphatic heterocycles. The number of hydrogen-bond acceptors (Lipinski definition) is 2. The predicted octanol–water partition coefficient (Wildman–Crippen LogP) is 3.71. The van der Waals surface area contributed by atoms with Gasteiger partial charge in [-0.2, -0.15) is 0 Å². The van der Waals surface area contributed by atoms with Crippen LogP contribution in [0.4, 0.5) is 0 Å². The van der Waals surface area contributed by atoms with Gasteiger partial charge in [-0.1, -0.05) is 38.1 Å². The van der Waals surface area contributed by atoms with Gasteiger partial charge in [-0.3, -0.25) is 5.14 Å². The van der Waals surface area contributed by atoms with Crippen molar-refractivity contribution in [3.63, 3.8) is 0 Å². The van der Waals surface area contributed by atoms with E-state index in [1.807, 2.05) is 6.07 Å². The Bertz CT molecular complexity index is 329. The first kappa shape index (κ1) is 11.3. The molecule has 0 spiro atoms. The average molecular weight is 207 g/mol.